The Bertz CT molecular complexity index is 520. The van der Waals surface area contributed by atoms with Gasteiger partial charge in [-0.3, -0.25) is 4.72 Å². The largest absolute Gasteiger partial charge is 0.491 e. The molecule has 0 atom stereocenters. The van der Waals surface area contributed by atoms with Gasteiger partial charge in [0, 0.05) is 6.07 Å². The Morgan fingerprint density at radius 2 is 2.05 bits per heavy atom. The minimum absolute atomic E-state index is 0.00513. The van der Waals surface area contributed by atoms with Crippen molar-refractivity contribution < 1.29 is 17.5 Å². The molecule has 0 amide bonds. The van der Waals surface area contributed by atoms with Crippen LogP contribution in [0.2, 0.25) is 0 Å². The lowest BCUT2D eigenvalue weighted by atomic mass is 10.3. The normalized spacial score (nSPS) is 11.3. The van der Waals surface area contributed by atoms with E-state index in [2.05, 4.69) is 10.0 Å². The maximum absolute atomic E-state index is 13.6. The van der Waals surface area contributed by atoms with Crippen LogP contribution in [0.5, 0.6) is 5.75 Å². The highest BCUT2D eigenvalue weighted by Crippen LogP contribution is 2.21. The molecule has 0 aliphatic rings. The van der Waals surface area contributed by atoms with Gasteiger partial charge in [0.15, 0.2) is 11.6 Å². The van der Waals surface area contributed by atoms with Crippen molar-refractivity contribution in [2.75, 3.05) is 30.2 Å². The number of nitrogens with one attached hydrogen (secondary N) is 2. The smallest absolute Gasteiger partial charge is 0.232 e. The van der Waals surface area contributed by atoms with Gasteiger partial charge < -0.3 is 10.1 Å². The van der Waals surface area contributed by atoms with Gasteiger partial charge >= 0.3 is 0 Å². The molecule has 0 aromatic heterocycles. The zero-order valence-electron chi connectivity index (χ0n) is 11.8. The van der Waals surface area contributed by atoms with Crippen molar-refractivity contribution in [3.05, 3.63) is 24.0 Å². The number of hydrogen-bond donors (Lipinski definition) is 2. The first-order valence-corrected chi connectivity index (χ1v) is 8.27. The zero-order chi connectivity index (χ0) is 15.0. The Kier molecular flexibility index (Phi) is 6.74. The molecule has 1 rings (SSSR count). The number of rotatable bonds is 9. The van der Waals surface area contributed by atoms with Crippen molar-refractivity contribution in [1.82, 2.24) is 5.32 Å². The van der Waals surface area contributed by atoms with Crippen molar-refractivity contribution in [2.45, 2.75) is 20.3 Å². The molecule has 20 heavy (non-hydrogen) atoms. The first-order valence-electron chi connectivity index (χ1n) is 6.62. The van der Waals surface area contributed by atoms with Gasteiger partial charge in [-0.25, -0.2) is 12.8 Å². The van der Waals surface area contributed by atoms with Gasteiger partial charge in [0.25, 0.3) is 0 Å². The predicted octanol–water partition coefficient (Wildman–Crippen LogP) is 1.97. The quantitative estimate of drug-likeness (QED) is 0.684. The maximum Gasteiger partial charge on any atom is 0.232 e. The molecule has 1 aromatic rings. The highest BCUT2D eigenvalue weighted by molar-refractivity contribution is 7.92. The second-order valence-electron chi connectivity index (χ2n) is 4.21. The Morgan fingerprint density at radius 3 is 2.65 bits per heavy atom. The SMILES string of the molecule is CCNCCCS(=O)(=O)Nc1ccc(OCC)c(F)c1. The summed E-state index contributed by atoms with van der Waals surface area (Å²) in [6.07, 6.45) is 0.503. The van der Waals surface area contributed by atoms with E-state index >= 15 is 0 Å². The van der Waals surface area contributed by atoms with Gasteiger partial charge in [0.1, 0.15) is 0 Å². The monoisotopic (exact) mass is 304 g/mol. The van der Waals surface area contributed by atoms with Crippen LogP contribution in [0.25, 0.3) is 0 Å². The summed E-state index contributed by atoms with van der Waals surface area (Å²) in [5, 5.41) is 3.05. The third kappa shape index (κ3) is 5.75. The highest BCUT2D eigenvalue weighted by atomic mass is 32.2. The molecule has 0 spiro atoms. The molecule has 0 radical (unpaired) electrons. The number of halogens is 1. The van der Waals surface area contributed by atoms with Crippen molar-refractivity contribution in [1.29, 1.82) is 0 Å². The lowest BCUT2D eigenvalue weighted by molar-refractivity contribution is 0.321. The topological polar surface area (TPSA) is 67.4 Å². The van der Waals surface area contributed by atoms with E-state index < -0.39 is 15.8 Å². The molecule has 1 aromatic carbocycles. The Morgan fingerprint density at radius 1 is 1.30 bits per heavy atom. The lowest BCUT2D eigenvalue weighted by Gasteiger charge is -2.10. The molecule has 2 N–H and O–H groups in total. The van der Waals surface area contributed by atoms with Gasteiger partial charge in [-0.05, 0) is 38.6 Å². The molecule has 114 valence electrons. The molecule has 0 aliphatic heterocycles. The summed E-state index contributed by atoms with van der Waals surface area (Å²) in [6, 6.07) is 4.01. The van der Waals surface area contributed by atoms with E-state index in [1.807, 2.05) is 6.92 Å². The van der Waals surface area contributed by atoms with Crippen LogP contribution in [-0.2, 0) is 10.0 Å². The van der Waals surface area contributed by atoms with Crippen LogP contribution in [0.15, 0.2) is 18.2 Å². The van der Waals surface area contributed by atoms with E-state index in [-0.39, 0.29) is 17.2 Å². The molecule has 5 nitrogen and oxygen atoms in total. The highest BCUT2D eigenvalue weighted by Gasteiger charge is 2.12. The number of benzene rings is 1. The first kappa shape index (κ1) is 16.7. The summed E-state index contributed by atoms with van der Waals surface area (Å²) in [4.78, 5) is 0. The van der Waals surface area contributed by atoms with E-state index in [9.17, 15) is 12.8 Å². The minimum atomic E-state index is -3.45. The molecule has 0 aliphatic carbocycles. The predicted molar refractivity (Wildman–Crippen MR) is 78.1 cm³/mol. The summed E-state index contributed by atoms with van der Waals surface area (Å²) >= 11 is 0. The lowest BCUT2D eigenvalue weighted by Crippen LogP contribution is -2.21. The standard InChI is InChI=1S/C13H21FN2O3S/c1-3-15-8-5-9-20(17,18)16-11-6-7-13(19-4-2)12(14)10-11/h6-7,10,15-16H,3-5,8-9H2,1-2H3. The average molecular weight is 304 g/mol. The number of sulfonamides is 1. The van der Waals surface area contributed by atoms with Gasteiger partial charge in [0.05, 0.1) is 18.0 Å². The zero-order valence-corrected chi connectivity index (χ0v) is 12.6. The van der Waals surface area contributed by atoms with Crippen LogP contribution in [-0.4, -0.2) is 33.9 Å². The van der Waals surface area contributed by atoms with Crippen molar-refractivity contribution in [3.63, 3.8) is 0 Å². The Labute approximate surface area is 119 Å². The fourth-order valence-electron chi connectivity index (χ4n) is 1.63. The van der Waals surface area contributed by atoms with Crippen LogP contribution in [0.1, 0.15) is 20.3 Å². The molecular weight excluding hydrogens is 283 g/mol. The number of ether oxygens (including phenoxy) is 1. The van der Waals surface area contributed by atoms with E-state index in [4.69, 9.17) is 4.74 Å². The molecular formula is C13H21FN2O3S. The third-order valence-corrected chi connectivity index (χ3v) is 3.89. The summed E-state index contributed by atoms with van der Waals surface area (Å²) in [5.41, 5.74) is 0.203. The Balaban J connectivity index is 2.61. The molecule has 0 saturated carbocycles. The Hall–Kier alpha value is -1.34. The molecule has 0 bridgehead atoms. The van der Waals surface area contributed by atoms with Crippen molar-refractivity contribution in [2.24, 2.45) is 0 Å². The molecule has 0 unspecified atom stereocenters. The van der Waals surface area contributed by atoms with E-state index in [1.54, 1.807) is 6.92 Å². The van der Waals surface area contributed by atoms with E-state index in [1.165, 1.54) is 12.1 Å². The van der Waals surface area contributed by atoms with Crippen LogP contribution < -0.4 is 14.8 Å². The van der Waals surface area contributed by atoms with Crippen LogP contribution >= 0.6 is 0 Å². The molecule has 0 heterocycles. The maximum atomic E-state index is 13.6. The van der Waals surface area contributed by atoms with Gasteiger partial charge in [-0.15, -0.1) is 0 Å². The minimum Gasteiger partial charge on any atom is -0.491 e. The second kappa shape index (κ2) is 8.06. The summed E-state index contributed by atoms with van der Waals surface area (Å²) in [5.74, 6) is -0.475. The van der Waals surface area contributed by atoms with Crippen LogP contribution in [0.4, 0.5) is 10.1 Å². The fourth-order valence-corrected chi connectivity index (χ4v) is 2.74. The van der Waals surface area contributed by atoms with Gasteiger partial charge in [0.2, 0.25) is 10.0 Å². The van der Waals surface area contributed by atoms with E-state index in [0.29, 0.717) is 19.6 Å². The summed E-state index contributed by atoms with van der Waals surface area (Å²) < 4.78 is 44.6. The third-order valence-electron chi connectivity index (χ3n) is 2.52. The van der Waals surface area contributed by atoms with Gasteiger partial charge in [-0.2, -0.15) is 0 Å². The summed E-state index contributed by atoms with van der Waals surface area (Å²) in [6.45, 7) is 5.49. The molecule has 0 fully saturated rings. The number of hydrogen-bond acceptors (Lipinski definition) is 4. The average Bonchev–Trinajstić information content (AvgIpc) is 2.38. The molecule has 0 saturated heterocycles. The van der Waals surface area contributed by atoms with Crippen molar-refractivity contribution in [3.8, 4) is 5.75 Å². The first-order chi connectivity index (χ1) is 9.48. The van der Waals surface area contributed by atoms with Crippen LogP contribution in [0, 0.1) is 5.82 Å². The van der Waals surface area contributed by atoms with Crippen molar-refractivity contribution >= 4 is 15.7 Å². The van der Waals surface area contributed by atoms with Crippen LogP contribution in [0.3, 0.4) is 0 Å². The fraction of sp³-hybridized carbons (Fsp3) is 0.538. The van der Waals surface area contributed by atoms with E-state index in [0.717, 1.165) is 12.6 Å². The molecule has 7 heteroatoms. The van der Waals surface area contributed by atoms with Gasteiger partial charge in [-0.1, -0.05) is 6.92 Å². The number of anilines is 1. The summed E-state index contributed by atoms with van der Waals surface area (Å²) in [7, 11) is -3.45. The second-order valence-corrected chi connectivity index (χ2v) is 6.05.